The predicted octanol–water partition coefficient (Wildman–Crippen LogP) is 6.37. The summed E-state index contributed by atoms with van der Waals surface area (Å²) < 4.78 is 11.7. The Bertz CT molecular complexity index is 1130. The number of halogens is 1. The zero-order chi connectivity index (χ0) is 20.8. The minimum absolute atomic E-state index is 0.495. The van der Waals surface area contributed by atoms with E-state index >= 15 is 0 Å². The lowest BCUT2D eigenvalue weighted by Gasteiger charge is -2.16. The Morgan fingerprint density at radius 2 is 1.53 bits per heavy atom. The van der Waals surface area contributed by atoms with Crippen molar-refractivity contribution in [1.29, 1.82) is 0 Å². The number of para-hydroxylation sites is 1. The van der Waals surface area contributed by atoms with Crippen LogP contribution < -0.4 is 14.8 Å². The molecule has 3 nitrogen and oxygen atoms in total. The van der Waals surface area contributed by atoms with Crippen molar-refractivity contribution in [2.24, 2.45) is 0 Å². The van der Waals surface area contributed by atoms with Crippen molar-refractivity contribution in [1.82, 2.24) is 5.32 Å². The number of ether oxygens (including phenoxy) is 2. The molecule has 0 heterocycles. The summed E-state index contributed by atoms with van der Waals surface area (Å²) in [5.74, 6) is 1.78. The van der Waals surface area contributed by atoms with E-state index in [1.807, 2.05) is 42.5 Å². The minimum atomic E-state index is 0.495. The van der Waals surface area contributed by atoms with Gasteiger partial charge in [0.2, 0.25) is 0 Å². The standard InChI is InChI=1S/C26H24ClNO2/c1-29-25-9-5-3-7-21(25)16-28-17-24-23-8-4-2-6-20(23)12-15-26(24)30-18-19-10-13-22(27)14-11-19/h2-15,28H,16-18H2,1H3. The van der Waals surface area contributed by atoms with Crippen molar-refractivity contribution in [3.8, 4) is 11.5 Å². The second kappa shape index (κ2) is 9.66. The fraction of sp³-hybridized carbons (Fsp3) is 0.154. The van der Waals surface area contributed by atoms with Crippen LogP contribution in [0.1, 0.15) is 16.7 Å². The van der Waals surface area contributed by atoms with Gasteiger partial charge in [0, 0.05) is 29.2 Å². The molecule has 4 aromatic carbocycles. The van der Waals surface area contributed by atoms with Gasteiger partial charge in [-0.3, -0.25) is 0 Å². The Hall–Kier alpha value is -3.01. The first kappa shape index (κ1) is 20.3. The summed E-state index contributed by atoms with van der Waals surface area (Å²) >= 11 is 5.99. The Morgan fingerprint density at radius 1 is 0.767 bits per heavy atom. The van der Waals surface area contributed by atoms with Crippen LogP contribution in [0.5, 0.6) is 11.5 Å². The van der Waals surface area contributed by atoms with Gasteiger partial charge in [0.15, 0.2) is 0 Å². The molecule has 0 fully saturated rings. The van der Waals surface area contributed by atoms with E-state index in [0.29, 0.717) is 19.7 Å². The number of benzene rings is 4. The van der Waals surface area contributed by atoms with Gasteiger partial charge in [0.05, 0.1) is 7.11 Å². The summed E-state index contributed by atoms with van der Waals surface area (Å²) in [6.45, 7) is 1.90. The monoisotopic (exact) mass is 417 g/mol. The lowest BCUT2D eigenvalue weighted by atomic mass is 10.0. The topological polar surface area (TPSA) is 30.5 Å². The summed E-state index contributed by atoms with van der Waals surface area (Å²) in [6.07, 6.45) is 0. The molecule has 0 amide bonds. The number of fused-ring (bicyclic) bond motifs is 1. The van der Waals surface area contributed by atoms with Crippen LogP contribution in [0.3, 0.4) is 0 Å². The van der Waals surface area contributed by atoms with Gasteiger partial charge >= 0.3 is 0 Å². The average molecular weight is 418 g/mol. The molecular formula is C26H24ClNO2. The third-order valence-corrected chi connectivity index (χ3v) is 5.37. The molecule has 1 N–H and O–H groups in total. The van der Waals surface area contributed by atoms with E-state index in [9.17, 15) is 0 Å². The fourth-order valence-corrected chi connectivity index (χ4v) is 3.67. The normalized spacial score (nSPS) is 10.9. The van der Waals surface area contributed by atoms with Crippen molar-refractivity contribution in [3.63, 3.8) is 0 Å². The van der Waals surface area contributed by atoms with Crippen molar-refractivity contribution in [2.45, 2.75) is 19.7 Å². The van der Waals surface area contributed by atoms with Gasteiger partial charge in [-0.1, -0.05) is 72.3 Å². The molecule has 0 aliphatic carbocycles. The molecule has 0 aliphatic heterocycles. The maximum Gasteiger partial charge on any atom is 0.124 e. The molecule has 0 atom stereocenters. The smallest absolute Gasteiger partial charge is 0.124 e. The molecule has 4 aromatic rings. The van der Waals surface area contributed by atoms with Gasteiger partial charge in [-0.25, -0.2) is 0 Å². The first-order valence-electron chi connectivity index (χ1n) is 9.95. The summed E-state index contributed by atoms with van der Waals surface area (Å²) in [6, 6.07) is 28.4. The summed E-state index contributed by atoms with van der Waals surface area (Å²) in [5.41, 5.74) is 3.36. The van der Waals surface area contributed by atoms with Crippen molar-refractivity contribution < 1.29 is 9.47 Å². The number of methoxy groups -OCH3 is 1. The molecule has 0 spiro atoms. The van der Waals surface area contributed by atoms with E-state index in [1.165, 1.54) is 10.8 Å². The average Bonchev–Trinajstić information content (AvgIpc) is 2.79. The molecule has 4 rings (SSSR count). The Morgan fingerprint density at radius 3 is 2.37 bits per heavy atom. The third kappa shape index (κ3) is 4.76. The van der Waals surface area contributed by atoms with Crippen LogP contribution in [-0.2, 0) is 19.7 Å². The second-order valence-electron chi connectivity index (χ2n) is 7.09. The van der Waals surface area contributed by atoms with E-state index in [4.69, 9.17) is 21.1 Å². The quantitative estimate of drug-likeness (QED) is 0.361. The van der Waals surface area contributed by atoms with Crippen LogP contribution in [0.25, 0.3) is 10.8 Å². The molecule has 152 valence electrons. The Kier molecular flexibility index (Phi) is 6.53. The second-order valence-corrected chi connectivity index (χ2v) is 7.53. The van der Waals surface area contributed by atoms with E-state index < -0.39 is 0 Å². The summed E-state index contributed by atoms with van der Waals surface area (Å²) in [4.78, 5) is 0. The van der Waals surface area contributed by atoms with Crippen molar-refractivity contribution in [2.75, 3.05) is 7.11 Å². The highest BCUT2D eigenvalue weighted by Crippen LogP contribution is 2.29. The minimum Gasteiger partial charge on any atom is -0.496 e. The van der Waals surface area contributed by atoms with E-state index in [2.05, 4.69) is 47.8 Å². The van der Waals surface area contributed by atoms with Gasteiger partial charge < -0.3 is 14.8 Å². The molecule has 30 heavy (non-hydrogen) atoms. The van der Waals surface area contributed by atoms with Crippen LogP contribution in [0.4, 0.5) is 0 Å². The van der Waals surface area contributed by atoms with Gasteiger partial charge in [0.1, 0.15) is 18.1 Å². The van der Waals surface area contributed by atoms with Gasteiger partial charge in [0.25, 0.3) is 0 Å². The Labute approximate surface area is 182 Å². The van der Waals surface area contributed by atoms with Crippen molar-refractivity contribution >= 4 is 22.4 Å². The van der Waals surface area contributed by atoms with Crippen molar-refractivity contribution in [3.05, 3.63) is 107 Å². The highest BCUT2D eigenvalue weighted by molar-refractivity contribution is 6.30. The summed E-state index contributed by atoms with van der Waals surface area (Å²) in [5, 5.41) is 6.67. The highest BCUT2D eigenvalue weighted by Gasteiger charge is 2.10. The largest absolute Gasteiger partial charge is 0.496 e. The molecule has 0 saturated heterocycles. The zero-order valence-electron chi connectivity index (χ0n) is 16.9. The van der Waals surface area contributed by atoms with Crippen LogP contribution in [0.15, 0.2) is 84.9 Å². The highest BCUT2D eigenvalue weighted by atomic mass is 35.5. The molecule has 0 aliphatic rings. The third-order valence-electron chi connectivity index (χ3n) is 5.11. The number of rotatable bonds is 8. The van der Waals surface area contributed by atoms with Gasteiger partial charge in [-0.2, -0.15) is 0 Å². The van der Waals surface area contributed by atoms with Crippen LogP contribution in [0.2, 0.25) is 5.02 Å². The number of nitrogens with one attached hydrogen (secondary N) is 1. The molecule has 0 radical (unpaired) electrons. The first-order valence-corrected chi connectivity index (χ1v) is 10.3. The van der Waals surface area contributed by atoms with Crippen LogP contribution in [0, 0.1) is 0 Å². The first-order chi connectivity index (χ1) is 14.7. The lowest BCUT2D eigenvalue weighted by Crippen LogP contribution is -2.14. The predicted molar refractivity (Wildman–Crippen MR) is 123 cm³/mol. The maximum atomic E-state index is 6.21. The van der Waals surface area contributed by atoms with Gasteiger partial charge in [-0.05, 0) is 40.6 Å². The molecule has 0 aromatic heterocycles. The molecular weight excluding hydrogens is 394 g/mol. The van der Waals surface area contributed by atoms with Gasteiger partial charge in [-0.15, -0.1) is 0 Å². The van der Waals surface area contributed by atoms with E-state index in [-0.39, 0.29) is 0 Å². The fourth-order valence-electron chi connectivity index (χ4n) is 3.55. The number of hydrogen-bond acceptors (Lipinski definition) is 3. The summed E-state index contributed by atoms with van der Waals surface area (Å²) in [7, 11) is 1.70. The Balaban J connectivity index is 1.54. The SMILES string of the molecule is COc1ccccc1CNCc1c(OCc2ccc(Cl)cc2)ccc2ccccc12. The van der Waals surface area contributed by atoms with Crippen LogP contribution >= 0.6 is 11.6 Å². The molecule has 4 heteroatoms. The van der Waals surface area contributed by atoms with Crippen LogP contribution in [-0.4, -0.2) is 7.11 Å². The van der Waals surface area contributed by atoms with E-state index in [0.717, 1.165) is 33.2 Å². The molecule has 0 saturated carbocycles. The molecule has 0 unspecified atom stereocenters. The zero-order valence-corrected chi connectivity index (χ0v) is 17.7. The van der Waals surface area contributed by atoms with E-state index in [1.54, 1.807) is 7.11 Å². The lowest BCUT2D eigenvalue weighted by molar-refractivity contribution is 0.302. The number of hydrogen-bond donors (Lipinski definition) is 1. The maximum absolute atomic E-state index is 6.21. The molecule has 0 bridgehead atoms.